The molecule has 1 aliphatic rings. The van der Waals surface area contributed by atoms with Crippen LogP contribution >= 0.6 is 11.6 Å². The maximum atomic E-state index is 12.3. The van der Waals surface area contributed by atoms with Gasteiger partial charge in [0.25, 0.3) is 0 Å². The van der Waals surface area contributed by atoms with Gasteiger partial charge in [-0.25, -0.2) is 0 Å². The molecule has 1 aliphatic heterocycles. The third kappa shape index (κ3) is 3.95. The van der Waals surface area contributed by atoms with Crippen molar-refractivity contribution in [3.63, 3.8) is 0 Å². The molecule has 20 heavy (non-hydrogen) atoms. The summed E-state index contributed by atoms with van der Waals surface area (Å²) in [6, 6.07) is 7.56. The van der Waals surface area contributed by atoms with Gasteiger partial charge in [0.2, 0.25) is 5.91 Å². The number of rotatable bonds is 4. The summed E-state index contributed by atoms with van der Waals surface area (Å²) < 4.78 is 5.26. The minimum Gasteiger partial charge on any atom is -0.378 e. The van der Waals surface area contributed by atoms with Crippen LogP contribution in [0.2, 0.25) is 5.02 Å². The molecule has 0 spiro atoms. The lowest BCUT2D eigenvalue weighted by molar-refractivity contribution is -0.137. The molecule has 2 atom stereocenters. The highest BCUT2D eigenvalue weighted by Gasteiger charge is 2.23. The van der Waals surface area contributed by atoms with Crippen LogP contribution in [-0.4, -0.2) is 43.2 Å². The van der Waals surface area contributed by atoms with Gasteiger partial charge in [-0.1, -0.05) is 23.7 Å². The standard InChI is InChI=1S/C15H21ClN2O2/c1-11(13-4-3-5-14(16)10-13)17-12(2)15(19)18-6-8-20-9-7-18/h3-5,10-12,17H,6-9H2,1-2H3/t11-,12-/m0/s1. The largest absolute Gasteiger partial charge is 0.378 e. The quantitative estimate of drug-likeness (QED) is 0.926. The van der Waals surface area contributed by atoms with E-state index in [1.54, 1.807) is 0 Å². The molecule has 1 N–H and O–H groups in total. The van der Waals surface area contributed by atoms with Crippen LogP contribution in [0.3, 0.4) is 0 Å². The average Bonchev–Trinajstić information content (AvgIpc) is 2.47. The second kappa shape index (κ2) is 7.07. The highest BCUT2D eigenvalue weighted by molar-refractivity contribution is 6.30. The molecular formula is C15H21ClN2O2. The molecule has 0 aliphatic carbocycles. The number of benzene rings is 1. The number of carbonyl (C=O) groups excluding carboxylic acids is 1. The SMILES string of the molecule is C[C@H](N[C@@H](C)c1cccc(Cl)c1)C(=O)N1CCOCC1. The Balaban J connectivity index is 1.92. The second-order valence-electron chi connectivity index (χ2n) is 5.10. The Morgan fingerprint density at radius 2 is 2.05 bits per heavy atom. The van der Waals surface area contributed by atoms with Gasteiger partial charge in [-0.3, -0.25) is 10.1 Å². The lowest BCUT2D eigenvalue weighted by atomic mass is 10.1. The molecular weight excluding hydrogens is 276 g/mol. The van der Waals surface area contributed by atoms with E-state index in [1.165, 1.54) is 0 Å². The second-order valence-corrected chi connectivity index (χ2v) is 5.54. The molecule has 1 fully saturated rings. The van der Waals surface area contributed by atoms with Gasteiger partial charge in [-0.05, 0) is 31.5 Å². The Morgan fingerprint density at radius 3 is 2.70 bits per heavy atom. The van der Waals surface area contributed by atoms with E-state index in [9.17, 15) is 4.79 Å². The maximum Gasteiger partial charge on any atom is 0.239 e. The zero-order valence-corrected chi connectivity index (χ0v) is 12.7. The predicted molar refractivity (Wildman–Crippen MR) is 79.9 cm³/mol. The van der Waals surface area contributed by atoms with Crippen molar-refractivity contribution in [2.45, 2.75) is 25.9 Å². The van der Waals surface area contributed by atoms with E-state index in [0.29, 0.717) is 31.3 Å². The van der Waals surface area contributed by atoms with Gasteiger partial charge in [0, 0.05) is 24.2 Å². The first-order valence-corrected chi connectivity index (χ1v) is 7.34. The normalized spacial score (nSPS) is 18.6. The summed E-state index contributed by atoms with van der Waals surface area (Å²) >= 11 is 5.99. The fourth-order valence-corrected chi connectivity index (χ4v) is 2.57. The molecule has 0 aromatic heterocycles. The van der Waals surface area contributed by atoms with Gasteiger partial charge < -0.3 is 9.64 Å². The first-order chi connectivity index (χ1) is 9.58. The summed E-state index contributed by atoms with van der Waals surface area (Å²) in [7, 11) is 0. The van der Waals surface area contributed by atoms with Crippen molar-refractivity contribution in [3.05, 3.63) is 34.9 Å². The highest BCUT2D eigenvalue weighted by Crippen LogP contribution is 2.18. The average molecular weight is 297 g/mol. The van der Waals surface area contributed by atoms with Crippen LogP contribution in [-0.2, 0) is 9.53 Å². The Labute approximate surface area is 125 Å². The van der Waals surface area contributed by atoms with Crippen molar-refractivity contribution in [1.82, 2.24) is 10.2 Å². The number of nitrogens with one attached hydrogen (secondary N) is 1. The number of halogens is 1. The topological polar surface area (TPSA) is 41.6 Å². The zero-order chi connectivity index (χ0) is 14.5. The van der Waals surface area contributed by atoms with Gasteiger partial charge in [0.05, 0.1) is 19.3 Å². The smallest absolute Gasteiger partial charge is 0.239 e. The molecule has 1 heterocycles. The van der Waals surface area contributed by atoms with Crippen LogP contribution in [0.4, 0.5) is 0 Å². The summed E-state index contributed by atoms with van der Waals surface area (Å²) in [4.78, 5) is 14.2. The third-order valence-electron chi connectivity index (χ3n) is 3.54. The first kappa shape index (κ1) is 15.3. The molecule has 1 saturated heterocycles. The highest BCUT2D eigenvalue weighted by atomic mass is 35.5. The first-order valence-electron chi connectivity index (χ1n) is 6.96. The zero-order valence-electron chi connectivity index (χ0n) is 11.9. The molecule has 110 valence electrons. The van der Waals surface area contributed by atoms with E-state index >= 15 is 0 Å². The van der Waals surface area contributed by atoms with E-state index in [4.69, 9.17) is 16.3 Å². The Hall–Kier alpha value is -1.10. The van der Waals surface area contributed by atoms with Crippen molar-refractivity contribution in [1.29, 1.82) is 0 Å². The number of ether oxygens (including phenoxy) is 1. The van der Waals surface area contributed by atoms with Crippen molar-refractivity contribution < 1.29 is 9.53 Å². The summed E-state index contributed by atoms with van der Waals surface area (Å²) in [6.45, 7) is 6.55. The molecule has 1 amide bonds. The molecule has 0 radical (unpaired) electrons. The molecule has 5 heteroatoms. The van der Waals surface area contributed by atoms with E-state index in [0.717, 1.165) is 5.56 Å². The van der Waals surface area contributed by atoms with Crippen molar-refractivity contribution in [3.8, 4) is 0 Å². The molecule has 2 rings (SSSR count). The van der Waals surface area contributed by atoms with E-state index in [1.807, 2.05) is 43.0 Å². The summed E-state index contributed by atoms with van der Waals surface area (Å²) in [5.41, 5.74) is 1.08. The van der Waals surface area contributed by atoms with Crippen LogP contribution in [0.25, 0.3) is 0 Å². The summed E-state index contributed by atoms with van der Waals surface area (Å²) in [5.74, 6) is 0.127. The summed E-state index contributed by atoms with van der Waals surface area (Å²) in [5, 5.41) is 4.04. The number of nitrogens with zero attached hydrogens (tertiary/aromatic N) is 1. The van der Waals surface area contributed by atoms with E-state index < -0.39 is 0 Å². The van der Waals surface area contributed by atoms with Gasteiger partial charge in [-0.15, -0.1) is 0 Å². The van der Waals surface area contributed by atoms with Gasteiger partial charge in [0.15, 0.2) is 0 Å². The number of hydrogen-bond donors (Lipinski definition) is 1. The van der Waals surface area contributed by atoms with Crippen LogP contribution in [0.5, 0.6) is 0 Å². The minimum atomic E-state index is -0.220. The monoisotopic (exact) mass is 296 g/mol. The molecule has 1 aromatic carbocycles. The minimum absolute atomic E-state index is 0.0775. The maximum absolute atomic E-state index is 12.3. The Bertz CT molecular complexity index is 461. The van der Waals surface area contributed by atoms with Crippen LogP contribution in [0.1, 0.15) is 25.5 Å². The third-order valence-corrected chi connectivity index (χ3v) is 3.78. The Morgan fingerprint density at radius 1 is 1.35 bits per heavy atom. The predicted octanol–water partition coefficient (Wildman–Crippen LogP) is 2.24. The lowest BCUT2D eigenvalue weighted by Crippen LogP contribution is -2.49. The number of morpholine rings is 1. The number of amides is 1. The van der Waals surface area contributed by atoms with Crippen LogP contribution in [0, 0.1) is 0 Å². The molecule has 4 nitrogen and oxygen atoms in total. The van der Waals surface area contributed by atoms with Crippen molar-refractivity contribution in [2.24, 2.45) is 0 Å². The van der Waals surface area contributed by atoms with E-state index in [-0.39, 0.29) is 18.0 Å². The summed E-state index contributed by atoms with van der Waals surface area (Å²) in [6.07, 6.45) is 0. The van der Waals surface area contributed by atoms with Crippen LogP contribution in [0.15, 0.2) is 24.3 Å². The fraction of sp³-hybridized carbons (Fsp3) is 0.533. The van der Waals surface area contributed by atoms with E-state index in [2.05, 4.69) is 5.32 Å². The molecule has 0 saturated carbocycles. The van der Waals surface area contributed by atoms with Gasteiger partial charge in [-0.2, -0.15) is 0 Å². The lowest BCUT2D eigenvalue weighted by Gasteiger charge is -2.30. The number of hydrogen-bond acceptors (Lipinski definition) is 3. The fourth-order valence-electron chi connectivity index (χ4n) is 2.38. The van der Waals surface area contributed by atoms with Crippen molar-refractivity contribution >= 4 is 17.5 Å². The number of carbonyl (C=O) groups is 1. The molecule has 1 aromatic rings. The van der Waals surface area contributed by atoms with Crippen molar-refractivity contribution in [2.75, 3.05) is 26.3 Å². The van der Waals surface area contributed by atoms with Gasteiger partial charge in [0.1, 0.15) is 0 Å². The Kier molecular flexibility index (Phi) is 5.40. The molecule has 0 bridgehead atoms. The molecule has 0 unspecified atom stereocenters. The van der Waals surface area contributed by atoms with Gasteiger partial charge >= 0.3 is 0 Å². The van der Waals surface area contributed by atoms with Crippen LogP contribution < -0.4 is 5.32 Å².